The summed E-state index contributed by atoms with van der Waals surface area (Å²) >= 11 is 0. The molecule has 15 heteroatoms. The number of amides is 1. The molecule has 3 aliphatic heterocycles. The van der Waals surface area contributed by atoms with Crippen LogP contribution in [0, 0.1) is 0 Å². The van der Waals surface area contributed by atoms with Gasteiger partial charge in [0, 0.05) is 0 Å². The lowest BCUT2D eigenvalue weighted by Crippen LogP contribution is -2.66. The molecule has 11 rings (SSSR count). The first-order valence-corrected chi connectivity index (χ1v) is 30.7. The first-order chi connectivity index (χ1) is 43.9. The molecule has 0 spiro atoms. The normalized spacial score (nSPS) is 25.2. The maximum atomic E-state index is 13.5. The molecule has 1 amide bonds. The molecule has 3 saturated heterocycles. The number of carbonyl (C=O) groups is 1. The van der Waals surface area contributed by atoms with Gasteiger partial charge in [0.25, 0.3) is 0 Å². The van der Waals surface area contributed by atoms with Crippen LogP contribution in [0.15, 0.2) is 243 Å². The summed E-state index contributed by atoms with van der Waals surface area (Å²) in [6, 6.07) is 78.3. The fraction of sp³-hybridized carbons (Fsp3) is 0.338. The van der Waals surface area contributed by atoms with Crippen LogP contribution in [-0.4, -0.2) is 116 Å². The van der Waals surface area contributed by atoms with Gasteiger partial charge in [-0.1, -0.05) is 243 Å². The van der Waals surface area contributed by atoms with Crippen molar-refractivity contribution in [3.05, 3.63) is 287 Å². The highest BCUT2D eigenvalue weighted by molar-refractivity contribution is 5.66. The number of rotatable bonds is 30. The zero-order valence-electron chi connectivity index (χ0n) is 50.1. The van der Waals surface area contributed by atoms with E-state index in [2.05, 4.69) is 0 Å². The zero-order valence-corrected chi connectivity index (χ0v) is 50.1. The molecule has 89 heavy (non-hydrogen) atoms. The fourth-order valence-corrected chi connectivity index (χ4v) is 11.6. The summed E-state index contributed by atoms with van der Waals surface area (Å²) in [7, 11) is 0. The van der Waals surface area contributed by atoms with E-state index >= 15 is 0 Å². The molecule has 3 fully saturated rings. The molecule has 1 N–H and O–H groups in total. The summed E-state index contributed by atoms with van der Waals surface area (Å²) in [6.45, 7) is 3.55. The standard InChI is InChI=1S/C74H79NO14/c1-53-65(81-46-57-32-16-5-17-33-57)68(82-47-58-34-18-6-19-35-58)70(84-49-60-38-22-8-23-39-60)72(86-53)89-67-64(52-79-44-55-28-12-3-13-29-55)87-73(71(85-50-61-40-24-9-25-41-61)69(67)83-48-59-36-20-7-21-37-59)88-66-62(51-78-43-54-26-10-2-11-27-54)75(74(76)77)42-63(66)80-45-56-30-14-4-15-31-56/h2-41,53,62-73H,42-52H2,1H3,(H,76,77)/t53-,62-,63-,64-,65-,66-,67-,68+,69+,70-,71-,72+,73+/m1/s1. The highest BCUT2D eigenvalue weighted by Crippen LogP contribution is 2.39. The average Bonchev–Trinajstić information content (AvgIpc) is 1.77. The van der Waals surface area contributed by atoms with Crippen LogP contribution < -0.4 is 0 Å². The Hall–Kier alpha value is -7.45. The predicted molar refractivity (Wildman–Crippen MR) is 334 cm³/mol. The number of likely N-dealkylation sites (tertiary alicyclic amines) is 1. The van der Waals surface area contributed by atoms with Crippen molar-refractivity contribution in [2.75, 3.05) is 19.8 Å². The number of hydrogen-bond acceptors (Lipinski definition) is 13. The zero-order chi connectivity index (χ0) is 60.8. The van der Waals surface area contributed by atoms with Gasteiger partial charge in [0.1, 0.15) is 54.9 Å². The Morgan fingerprint density at radius 3 is 1.06 bits per heavy atom. The van der Waals surface area contributed by atoms with E-state index in [-0.39, 0.29) is 66.0 Å². The smallest absolute Gasteiger partial charge is 0.407 e. The maximum absolute atomic E-state index is 13.5. The highest BCUT2D eigenvalue weighted by atomic mass is 16.8. The van der Waals surface area contributed by atoms with Crippen LogP contribution in [0.2, 0.25) is 0 Å². The second-order valence-corrected chi connectivity index (χ2v) is 22.6. The summed E-state index contributed by atoms with van der Waals surface area (Å²) in [4.78, 5) is 14.8. The average molecular weight is 1210 g/mol. The summed E-state index contributed by atoms with van der Waals surface area (Å²) < 4.78 is 84.9. The molecular formula is C74H79NO14. The van der Waals surface area contributed by atoms with Crippen molar-refractivity contribution in [1.82, 2.24) is 4.90 Å². The Balaban J connectivity index is 0.993. The molecule has 13 atom stereocenters. The van der Waals surface area contributed by atoms with E-state index in [1.54, 1.807) is 0 Å². The molecule has 3 aliphatic rings. The second-order valence-electron chi connectivity index (χ2n) is 22.6. The number of benzene rings is 8. The topological polar surface area (TPSA) is 151 Å². The van der Waals surface area contributed by atoms with Gasteiger partial charge in [-0.3, -0.25) is 4.90 Å². The molecule has 0 aliphatic carbocycles. The Kier molecular flexibility index (Phi) is 23.3. The fourth-order valence-electron chi connectivity index (χ4n) is 11.6. The first-order valence-electron chi connectivity index (χ1n) is 30.7. The number of ether oxygens (including phenoxy) is 12. The van der Waals surface area contributed by atoms with Crippen LogP contribution in [0.5, 0.6) is 0 Å². The van der Waals surface area contributed by atoms with Crippen molar-refractivity contribution < 1.29 is 66.7 Å². The molecule has 3 heterocycles. The lowest BCUT2D eigenvalue weighted by molar-refractivity contribution is -0.379. The third-order valence-electron chi connectivity index (χ3n) is 16.2. The SMILES string of the molecule is C[C@H]1O[C@@H](O[C@H]2[C@H](OCc3ccccc3)[C@@H](OCc3ccccc3)[C@H](O[C@@H]3[C@@H](COCc4ccccc4)N(C(=O)O)C[C@H]3OCc3ccccc3)O[C@@H]2COCc2ccccc2)[C@H](OCc2ccccc2)[C@@H](OCc2ccccc2)[C@@H]1OCc1ccccc1. The monoisotopic (exact) mass is 1210 g/mol. The minimum absolute atomic E-state index is 0.0110. The molecule has 0 aromatic heterocycles. The van der Waals surface area contributed by atoms with Crippen molar-refractivity contribution in [3.8, 4) is 0 Å². The molecule has 0 saturated carbocycles. The van der Waals surface area contributed by atoms with Gasteiger partial charge < -0.3 is 61.9 Å². The van der Waals surface area contributed by atoms with Gasteiger partial charge in [-0.25, -0.2) is 4.79 Å². The van der Waals surface area contributed by atoms with Crippen LogP contribution in [0.4, 0.5) is 4.79 Å². The summed E-state index contributed by atoms with van der Waals surface area (Å²) in [5, 5.41) is 11.0. The molecular weight excluding hydrogens is 1130 g/mol. The molecule has 0 bridgehead atoms. The number of nitrogens with zero attached hydrogens (tertiary/aromatic N) is 1. The largest absolute Gasteiger partial charge is 0.465 e. The highest BCUT2D eigenvalue weighted by Gasteiger charge is 2.56. The quantitative estimate of drug-likeness (QED) is 0.0455. The first kappa shape index (κ1) is 63.1. The molecule has 8 aromatic carbocycles. The summed E-state index contributed by atoms with van der Waals surface area (Å²) in [6.07, 6.45) is -12.2. The van der Waals surface area contributed by atoms with Crippen LogP contribution in [-0.2, 0) is 110 Å². The summed E-state index contributed by atoms with van der Waals surface area (Å²) in [5.41, 5.74) is 7.46. The number of carboxylic acid groups (broad SMARTS) is 1. The maximum Gasteiger partial charge on any atom is 0.407 e. The van der Waals surface area contributed by atoms with Crippen molar-refractivity contribution >= 4 is 6.09 Å². The third-order valence-corrected chi connectivity index (χ3v) is 16.2. The van der Waals surface area contributed by atoms with E-state index in [0.717, 1.165) is 44.5 Å². The van der Waals surface area contributed by atoms with Gasteiger partial charge in [-0.2, -0.15) is 0 Å². The van der Waals surface area contributed by atoms with Crippen LogP contribution >= 0.6 is 0 Å². The van der Waals surface area contributed by atoms with Gasteiger partial charge >= 0.3 is 6.09 Å². The van der Waals surface area contributed by atoms with Gasteiger partial charge in [-0.15, -0.1) is 0 Å². The number of hydrogen-bond donors (Lipinski definition) is 1. The third kappa shape index (κ3) is 17.9. The molecule has 0 unspecified atom stereocenters. The van der Waals surface area contributed by atoms with Crippen molar-refractivity contribution in [1.29, 1.82) is 0 Å². The van der Waals surface area contributed by atoms with E-state index < -0.39 is 85.8 Å². The lowest BCUT2D eigenvalue weighted by Gasteiger charge is -2.50. The molecule has 0 radical (unpaired) electrons. The van der Waals surface area contributed by atoms with Gasteiger partial charge in [0.05, 0.1) is 84.8 Å². The minimum Gasteiger partial charge on any atom is -0.465 e. The van der Waals surface area contributed by atoms with E-state index in [1.165, 1.54) is 4.90 Å². The Bertz CT molecular complexity index is 3270. The Morgan fingerprint density at radius 1 is 0.371 bits per heavy atom. The molecule has 8 aromatic rings. The molecule has 15 nitrogen and oxygen atoms in total. The Morgan fingerprint density at radius 2 is 0.674 bits per heavy atom. The predicted octanol–water partition coefficient (Wildman–Crippen LogP) is 12.5. The van der Waals surface area contributed by atoms with Crippen molar-refractivity contribution in [3.63, 3.8) is 0 Å². The van der Waals surface area contributed by atoms with Gasteiger partial charge in [0.2, 0.25) is 0 Å². The Labute approximate surface area is 521 Å². The van der Waals surface area contributed by atoms with Crippen molar-refractivity contribution in [2.24, 2.45) is 0 Å². The van der Waals surface area contributed by atoms with Crippen molar-refractivity contribution in [2.45, 2.75) is 139 Å². The molecule has 464 valence electrons. The van der Waals surface area contributed by atoms with E-state index in [9.17, 15) is 9.90 Å². The van der Waals surface area contributed by atoms with E-state index in [4.69, 9.17) is 56.8 Å². The second kappa shape index (κ2) is 32.9. The summed E-state index contributed by atoms with van der Waals surface area (Å²) in [5.74, 6) is 0. The van der Waals surface area contributed by atoms with Gasteiger partial charge in [-0.05, 0) is 51.4 Å². The van der Waals surface area contributed by atoms with Gasteiger partial charge in [0.15, 0.2) is 12.6 Å². The van der Waals surface area contributed by atoms with Crippen LogP contribution in [0.3, 0.4) is 0 Å². The van der Waals surface area contributed by atoms with Crippen LogP contribution in [0.1, 0.15) is 51.4 Å². The van der Waals surface area contributed by atoms with Crippen LogP contribution in [0.25, 0.3) is 0 Å². The minimum atomic E-state index is -1.25. The lowest BCUT2D eigenvalue weighted by atomic mass is 9.95. The van der Waals surface area contributed by atoms with E-state index in [1.807, 2.05) is 250 Å². The van der Waals surface area contributed by atoms with E-state index in [0.29, 0.717) is 6.61 Å².